The Morgan fingerprint density at radius 1 is 1.20 bits per heavy atom. The lowest BCUT2D eigenvalue weighted by Gasteiger charge is -2.21. The molecule has 1 heterocycles. The van der Waals surface area contributed by atoms with Crippen LogP contribution in [0.5, 0.6) is 0 Å². The van der Waals surface area contributed by atoms with Gasteiger partial charge in [-0.05, 0) is 49.2 Å². The minimum absolute atomic E-state index is 0.0999. The van der Waals surface area contributed by atoms with Crippen LogP contribution in [0.1, 0.15) is 42.4 Å². The van der Waals surface area contributed by atoms with Gasteiger partial charge < -0.3 is 5.32 Å². The SMILES string of the molecule is CCNC(c1cccc(Cl)c1)c1cc(C)nnc1CC. The van der Waals surface area contributed by atoms with Crippen molar-refractivity contribution in [2.45, 2.75) is 33.2 Å². The smallest absolute Gasteiger partial charge is 0.0679 e. The van der Waals surface area contributed by atoms with E-state index in [-0.39, 0.29) is 6.04 Å². The zero-order valence-electron chi connectivity index (χ0n) is 12.2. The molecule has 0 amide bonds. The second-order valence-corrected chi connectivity index (χ2v) is 5.22. The third kappa shape index (κ3) is 3.35. The summed E-state index contributed by atoms with van der Waals surface area (Å²) in [6, 6.07) is 10.2. The number of rotatable bonds is 5. The first-order valence-corrected chi connectivity index (χ1v) is 7.35. The van der Waals surface area contributed by atoms with Crippen molar-refractivity contribution in [2.24, 2.45) is 0 Å². The molecule has 0 aliphatic rings. The number of nitrogens with one attached hydrogen (secondary N) is 1. The van der Waals surface area contributed by atoms with Crippen molar-refractivity contribution in [3.8, 4) is 0 Å². The van der Waals surface area contributed by atoms with E-state index in [0.717, 1.165) is 34.9 Å². The number of aryl methyl sites for hydroxylation is 2. The molecule has 0 bridgehead atoms. The second-order valence-electron chi connectivity index (χ2n) is 4.79. The van der Waals surface area contributed by atoms with Gasteiger partial charge in [-0.25, -0.2) is 0 Å². The molecule has 0 saturated heterocycles. The minimum Gasteiger partial charge on any atom is -0.306 e. The van der Waals surface area contributed by atoms with Gasteiger partial charge in [-0.3, -0.25) is 0 Å². The maximum Gasteiger partial charge on any atom is 0.0679 e. The van der Waals surface area contributed by atoms with Crippen LogP contribution in [0.4, 0.5) is 0 Å². The summed E-state index contributed by atoms with van der Waals surface area (Å²) in [7, 11) is 0. The van der Waals surface area contributed by atoms with Gasteiger partial charge >= 0.3 is 0 Å². The summed E-state index contributed by atoms with van der Waals surface area (Å²) in [5, 5.41) is 12.8. The van der Waals surface area contributed by atoms with E-state index in [1.807, 2.05) is 25.1 Å². The van der Waals surface area contributed by atoms with E-state index in [0.29, 0.717) is 0 Å². The van der Waals surface area contributed by atoms with Crippen LogP contribution in [0.25, 0.3) is 0 Å². The first-order chi connectivity index (χ1) is 9.65. The van der Waals surface area contributed by atoms with Crippen LogP contribution in [0, 0.1) is 6.92 Å². The van der Waals surface area contributed by atoms with Gasteiger partial charge in [0.05, 0.1) is 17.4 Å². The van der Waals surface area contributed by atoms with E-state index in [1.54, 1.807) is 0 Å². The van der Waals surface area contributed by atoms with E-state index in [1.165, 1.54) is 5.56 Å². The van der Waals surface area contributed by atoms with Crippen LogP contribution in [0.2, 0.25) is 5.02 Å². The minimum atomic E-state index is 0.0999. The number of hydrogen-bond donors (Lipinski definition) is 1. The van der Waals surface area contributed by atoms with Crippen LogP contribution in [0.15, 0.2) is 30.3 Å². The van der Waals surface area contributed by atoms with E-state index < -0.39 is 0 Å². The topological polar surface area (TPSA) is 37.8 Å². The molecular weight excluding hydrogens is 270 g/mol. The molecule has 20 heavy (non-hydrogen) atoms. The highest BCUT2D eigenvalue weighted by Crippen LogP contribution is 2.26. The highest BCUT2D eigenvalue weighted by atomic mass is 35.5. The van der Waals surface area contributed by atoms with Gasteiger partial charge in [0.25, 0.3) is 0 Å². The monoisotopic (exact) mass is 289 g/mol. The summed E-state index contributed by atoms with van der Waals surface area (Å²) < 4.78 is 0. The molecule has 1 aromatic carbocycles. The van der Waals surface area contributed by atoms with Crippen LogP contribution in [-0.2, 0) is 6.42 Å². The summed E-state index contributed by atoms with van der Waals surface area (Å²) in [4.78, 5) is 0. The molecule has 0 radical (unpaired) electrons. The van der Waals surface area contributed by atoms with E-state index in [9.17, 15) is 0 Å². The van der Waals surface area contributed by atoms with E-state index in [4.69, 9.17) is 11.6 Å². The predicted octanol–water partition coefficient (Wildman–Crippen LogP) is 3.70. The van der Waals surface area contributed by atoms with Gasteiger partial charge in [-0.1, -0.05) is 37.6 Å². The van der Waals surface area contributed by atoms with E-state index in [2.05, 4.69) is 41.5 Å². The van der Waals surface area contributed by atoms with Gasteiger partial charge in [0.1, 0.15) is 0 Å². The lowest BCUT2D eigenvalue weighted by Crippen LogP contribution is -2.24. The average Bonchev–Trinajstić information content (AvgIpc) is 2.44. The quantitative estimate of drug-likeness (QED) is 0.912. The predicted molar refractivity (Wildman–Crippen MR) is 83.1 cm³/mol. The lowest BCUT2D eigenvalue weighted by molar-refractivity contribution is 0.617. The summed E-state index contributed by atoms with van der Waals surface area (Å²) in [6.45, 7) is 7.05. The number of aromatic nitrogens is 2. The maximum absolute atomic E-state index is 6.13. The number of nitrogens with zero attached hydrogens (tertiary/aromatic N) is 2. The molecule has 2 aromatic rings. The van der Waals surface area contributed by atoms with Crippen molar-refractivity contribution >= 4 is 11.6 Å². The molecular formula is C16H20ClN3. The molecule has 0 fully saturated rings. The highest BCUT2D eigenvalue weighted by molar-refractivity contribution is 6.30. The molecule has 1 N–H and O–H groups in total. The van der Waals surface area contributed by atoms with Crippen LogP contribution in [0.3, 0.4) is 0 Å². The fourth-order valence-electron chi connectivity index (χ4n) is 2.36. The fraction of sp³-hybridized carbons (Fsp3) is 0.375. The van der Waals surface area contributed by atoms with Gasteiger partial charge in [-0.15, -0.1) is 0 Å². The summed E-state index contributed by atoms with van der Waals surface area (Å²) in [5.74, 6) is 0. The Kier molecular flexibility index (Phi) is 5.10. The second kappa shape index (κ2) is 6.82. The maximum atomic E-state index is 6.13. The summed E-state index contributed by atoms with van der Waals surface area (Å²) in [6.07, 6.45) is 0.866. The van der Waals surface area contributed by atoms with Crippen LogP contribution < -0.4 is 5.32 Å². The van der Waals surface area contributed by atoms with Crippen LogP contribution in [-0.4, -0.2) is 16.7 Å². The van der Waals surface area contributed by atoms with Crippen molar-refractivity contribution in [3.05, 3.63) is 57.9 Å². The highest BCUT2D eigenvalue weighted by Gasteiger charge is 2.18. The molecule has 4 heteroatoms. The van der Waals surface area contributed by atoms with Gasteiger partial charge in [0.15, 0.2) is 0 Å². The zero-order valence-corrected chi connectivity index (χ0v) is 12.9. The van der Waals surface area contributed by atoms with E-state index >= 15 is 0 Å². The number of benzene rings is 1. The fourth-order valence-corrected chi connectivity index (χ4v) is 2.56. The first kappa shape index (κ1) is 14.9. The molecule has 3 nitrogen and oxygen atoms in total. The number of halogens is 1. The molecule has 1 atom stereocenters. The first-order valence-electron chi connectivity index (χ1n) is 6.97. The molecule has 2 rings (SSSR count). The van der Waals surface area contributed by atoms with Gasteiger partial charge in [0, 0.05) is 5.02 Å². The third-order valence-electron chi connectivity index (χ3n) is 3.26. The molecule has 0 aliphatic carbocycles. The number of hydrogen-bond acceptors (Lipinski definition) is 3. The third-order valence-corrected chi connectivity index (χ3v) is 3.50. The zero-order chi connectivity index (χ0) is 14.5. The molecule has 1 aromatic heterocycles. The summed E-state index contributed by atoms with van der Waals surface area (Å²) >= 11 is 6.13. The van der Waals surface area contributed by atoms with Crippen molar-refractivity contribution in [3.63, 3.8) is 0 Å². The Morgan fingerprint density at radius 2 is 2.00 bits per heavy atom. The Balaban J connectivity index is 2.50. The van der Waals surface area contributed by atoms with Crippen molar-refractivity contribution in [1.29, 1.82) is 0 Å². The molecule has 0 aliphatic heterocycles. The largest absolute Gasteiger partial charge is 0.306 e. The van der Waals surface area contributed by atoms with Crippen LogP contribution >= 0.6 is 11.6 Å². The standard InChI is InChI=1S/C16H20ClN3/c1-4-15-14(9-11(3)19-20-15)16(18-5-2)12-7-6-8-13(17)10-12/h6-10,16,18H,4-5H2,1-3H3. The molecule has 106 valence electrons. The van der Waals surface area contributed by atoms with Gasteiger partial charge in [0.2, 0.25) is 0 Å². The van der Waals surface area contributed by atoms with Crippen molar-refractivity contribution < 1.29 is 0 Å². The average molecular weight is 290 g/mol. The Bertz CT molecular complexity index is 584. The Hall–Kier alpha value is -1.45. The molecule has 1 unspecified atom stereocenters. The van der Waals surface area contributed by atoms with Crippen molar-refractivity contribution in [1.82, 2.24) is 15.5 Å². The molecule has 0 spiro atoms. The van der Waals surface area contributed by atoms with Gasteiger partial charge in [-0.2, -0.15) is 10.2 Å². The van der Waals surface area contributed by atoms with Crippen molar-refractivity contribution in [2.75, 3.05) is 6.54 Å². The Labute approximate surface area is 125 Å². The normalized spacial score (nSPS) is 12.4. The summed E-state index contributed by atoms with van der Waals surface area (Å²) in [5.41, 5.74) is 4.30. The molecule has 0 saturated carbocycles. The lowest BCUT2D eigenvalue weighted by atomic mass is 9.96. The Morgan fingerprint density at radius 3 is 2.65 bits per heavy atom.